The van der Waals surface area contributed by atoms with Gasteiger partial charge in [0.2, 0.25) is 5.60 Å². The van der Waals surface area contributed by atoms with Crippen LogP contribution in [0.25, 0.3) is 0 Å². The van der Waals surface area contributed by atoms with Crippen LogP contribution in [-0.2, 0) is 19.9 Å². The zero-order chi connectivity index (χ0) is 21.4. The highest BCUT2D eigenvalue weighted by molar-refractivity contribution is 5.87. The van der Waals surface area contributed by atoms with Gasteiger partial charge in [0.25, 0.3) is 0 Å². The number of phenols is 2. The summed E-state index contributed by atoms with van der Waals surface area (Å²) in [6.45, 7) is 11.3. The highest BCUT2D eigenvalue weighted by Gasteiger charge is 2.43. The predicted molar refractivity (Wildman–Crippen MR) is 105 cm³/mol. The second-order valence-corrected chi connectivity index (χ2v) is 7.26. The van der Waals surface area contributed by atoms with Gasteiger partial charge in [0.1, 0.15) is 17.2 Å². The Labute approximate surface area is 164 Å². The number of rotatable bonds is 4. The summed E-state index contributed by atoms with van der Waals surface area (Å²) < 4.78 is 11.1. The molecule has 0 spiro atoms. The molecule has 2 aromatic rings. The molecular weight excluding hydrogens is 360 g/mol. The molecule has 0 saturated carbocycles. The number of carbonyl (C=O) groups is 2. The van der Waals surface area contributed by atoms with E-state index in [1.807, 2.05) is 0 Å². The summed E-state index contributed by atoms with van der Waals surface area (Å²) in [5, 5.41) is 19.9. The SMILES string of the molecule is CC(=O)OC(C)(C(=O)Oc1cc(C)c(O)c(C)c1C)c1c(C)cc(O)cc1C. The molecule has 0 saturated heterocycles. The second kappa shape index (κ2) is 7.54. The number of aromatic hydroxyl groups is 2. The summed E-state index contributed by atoms with van der Waals surface area (Å²) in [4.78, 5) is 25.0. The van der Waals surface area contributed by atoms with Gasteiger partial charge in [-0.2, -0.15) is 0 Å². The largest absolute Gasteiger partial charge is 0.508 e. The van der Waals surface area contributed by atoms with E-state index in [1.54, 1.807) is 40.7 Å². The Morgan fingerprint density at radius 3 is 1.93 bits per heavy atom. The summed E-state index contributed by atoms with van der Waals surface area (Å²) >= 11 is 0. The quantitative estimate of drug-likeness (QED) is 0.609. The highest BCUT2D eigenvalue weighted by atomic mass is 16.6. The molecule has 0 aliphatic heterocycles. The normalized spacial score (nSPS) is 13.0. The third-order valence-corrected chi connectivity index (χ3v) is 4.94. The monoisotopic (exact) mass is 386 g/mol. The fourth-order valence-electron chi connectivity index (χ4n) is 3.51. The van der Waals surface area contributed by atoms with Crippen molar-refractivity contribution < 1.29 is 29.3 Å². The van der Waals surface area contributed by atoms with Crippen LogP contribution in [0.1, 0.15) is 47.2 Å². The smallest absolute Gasteiger partial charge is 0.360 e. The Balaban J connectivity index is 2.59. The van der Waals surface area contributed by atoms with Crippen LogP contribution in [0.5, 0.6) is 17.2 Å². The van der Waals surface area contributed by atoms with E-state index >= 15 is 0 Å². The van der Waals surface area contributed by atoms with E-state index in [0.29, 0.717) is 33.4 Å². The fraction of sp³-hybridized carbons (Fsp3) is 0.364. The minimum absolute atomic E-state index is 0.0536. The maximum absolute atomic E-state index is 13.2. The van der Waals surface area contributed by atoms with Crippen LogP contribution < -0.4 is 4.74 Å². The van der Waals surface area contributed by atoms with Crippen molar-refractivity contribution >= 4 is 11.9 Å². The van der Waals surface area contributed by atoms with E-state index in [0.717, 1.165) is 0 Å². The standard InChI is InChI=1S/C22H26O6/c1-11-8-17(24)9-12(2)19(11)22(7,28-16(6)23)21(26)27-18-10-13(3)20(25)15(5)14(18)4/h8-10,24-25H,1-7H3. The first-order chi connectivity index (χ1) is 12.9. The number of carbonyl (C=O) groups excluding carboxylic acids is 2. The maximum atomic E-state index is 13.2. The van der Waals surface area contributed by atoms with Crippen molar-refractivity contribution in [2.24, 2.45) is 0 Å². The average Bonchev–Trinajstić information content (AvgIpc) is 2.55. The summed E-state index contributed by atoms with van der Waals surface area (Å²) in [5.41, 5.74) is 1.71. The molecule has 2 rings (SSSR count). The molecule has 2 aromatic carbocycles. The van der Waals surface area contributed by atoms with Gasteiger partial charge in [-0.15, -0.1) is 0 Å². The number of benzene rings is 2. The number of ether oxygens (including phenoxy) is 2. The summed E-state index contributed by atoms with van der Waals surface area (Å²) in [5.74, 6) is -0.929. The summed E-state index contributed by atoms with van der Waals surface area (Å²) in [6.07, 6.45) is 0. The first-order valence-corrected chi connectivity index (χ1v) is 8.90. The van der Waals surface area contributed by atoms with Crippen LogP contribution in [0.2, 0.25) is 0 Å². The van der Waals surface area contributed by atoms with Crippen LogP contribution in [0, 0.1) is 34.6 Å². The van der Waals surface area contributed by atoms with Gasteiger partial charge in [0, 0.05) is 12.5 Å². The lowest BCUT2D eigenvalue weighted by atomic mass is 9.87. The number of phenolic OH excluding ortho intramolecular Hbond substituents is 2. The molecule has 0 amide bonds. The van der Waals surface area contributed by atoms with Crippen molar-refractivity contribution in [3.05, 3.63) is 51.6 Å². The number of hydrogen-bond acceptors (Lipinski definition) is 6. The molecule has 0 aliphatic carbocycles. The van der Waals surface area contributed by atoms with Gasteiger partial charge >= 0.3 is 11.9 Å². The van der Waals surface area contributed by atoms with Gasteiger partial charge in [-0.3, -0.25) is 4.79 Å². The first kappa shape index (κ1) is 21.3. The van der Waals surface area contributed by atoms with Crippen molar-refractivity contribution in [2.45, 2.75) is 54.1 Å². The minimum Gasteiger partial charge on any atom is -0.508 e. The molecule has 0 heterocycles. The Bertz CT molecular complexity index is 937. The van der Waals surface area contributed by atoms with Crippen molar-refractivity contribution in [1.29, 1.82) is 0 Å². The van der Waals surface area contributed by atoms with E-state index in [2.05, 4.69) is 0 Å². The van der Waals surface area contributed by atoms with Crippen molar-refractivity contribution in [2.75, 3.05) is 0 Å². The van der Waals surface area contributed by atoms with E-state index < -0.39 is 17.5 Å². The Kier molecular flexibility index (Phi) is 5.73. The predicted octanol–water partition coefficient (Wildman–Crippen LogP) is 4.02. The number of hydrogen-bond donors (Lipinski definition) is 2. The van der Waals surface area contributed by atoms with Crippen LogP contribution in [-0.4, -0.2) is 22.2 Å². The third kappa shape index (κ3) is 3.81. The molecule has 1 unspecified atom stereocenters. The number of esters is 2. The van der Waals surface area contributed by atoms with Crippen LogP contribution in [0.15, 0.2) is 18.2 Å². The molecule has 0 aliphatic rings. The van der Waals surface area contributed by atoms with Crippen molar-refractivity contribution in [1.82, 2.24) is 0 Å². The molecule has 150 valence electrons. The summed E-state index contributed by atoms with van der Waals surface area (Å²) in [6, 6.07) is 4.56. The molecule has 0 bridgehead atoms. The van der Waals surface area contributed by atoms with Gasteiger partial charge in [-0.1, -0.05) is 0 Å². The Morgan fingerprint density at radius 2 is 1.43 bits per heavy atom. The zero-order valence-electron chi connectivity index (χ0n) is 17.3. The molecule has 6 nitrogen and oxygen atoms in total. The third-order valence-electron chi connectivity index (χ3n) is 4.94. The Morgan fingerprint density at radius 1 is 0.893 bits per heavy atom. The lowest BCUT2D eigenvalue weighted by Crippen LogP contribution is -2.41. The fourth-order valence-corrected chi connectivity index (χ4v) is 3.51. The molecule has 0 aromatic heterocycles. The summed E-state index contributed by atoms with van der Waals surface area (Å²) in [7, 11) is 0. The lowest BCUT2D eigenvalue weighted by Gasteiger charge is -2.30. The van der Waals surface area contributed by atoms with Crippen molar-refractivity contribution in [3.8, 4) is 17.2 Å². The topological polar surface area (TPSA) is 93.1 Å². The second-order valence-electron chi connectivity index (χ2n) is 7.26. The molecule has 28 heavy (non-hydrogen) atoms. The van der Waals surface area contributed by atoms with Gasteiger partial charge in [0.15, 0.2) is 0 Å². The molecule has 1 atom stereocenters. The Hall–Kier alpha value is -3.02. The van der Waals surface area contributed by atoms with Gasteiger partial charge in [0.05, 0.1) is 0 Å². The number of aryl methyl sites for hydroxylation is 3. The van der Waals surface area contributed by atoms with Crippen LogP contribution in [0.3, 0.4) is 0 Å². The minimum atomic E-state index is -1.71. The van der Waals surface area contributed by atoms with Gasteiger partial charge in [-0.05, 0) is 87.6 Å². The van der Waals surface area contributed by atoms with Gasteiger partial charge < -0.3 is 19.7 Å². The maximum Gasteiger partial charge on any atom is 0.360 e. The first-order valence-electron chi connectivity index (χ1n) is 8.90. The van der Waals surface area contributed by atoms with E-state index in [4.69, 9.17) is 9.47 Å². The molecule has 2 N–H and O–H groups in total. The lowest BCUT2D eigenvalue weighted by molar-refractivity contribution is -0.174. The highest BCUT2D eigenvalue weighted by Crippen LogP contribution is 2.37. The van der Waals surface area contributed by atoms with E-state index in [-0.39, 0.29) is 17.2 Å². The molecular formula is C22H26O6. The van der Waals surface area contributed by atoms with E-state index in [1.165, 1.54) is 26.0 Å². The molecule has 0 radical (unpaired) electrons. The van der Waals surface area contributed by atoms with Crippen molar-refractivity contribution in [3.63, 3.8) is 0 Å². The molecule has 0 fully saturated rings. The van der Waals surface area contributed by atoms with E-state index in [9.17, 15) is 19.8 Å². The zero-order valence-corrected chi connectivity index (χ0v) is 17.3. The van der Waals surface area contributed by atoms with Crippen LogP contribution in [0.4, 0.5) is 0 Å². The average molecular weight is 386 g/mol. The van der Waals surface area contributed by atoms with Crippen LogP contribution >= 0.6 is 0 Å². The van der Waals surface area contributed by atoms with Gasteiger partial charge in [-0.25, -0.2) is 4.79 Å². The molecule has 6 heteroatoms.